The molecule has 1 aliphatic carbocycles. The van der Waals surface area contributed by atoms with Crippen LogP contribution in [0.25, 0.3) is 0 Å². The maximum atomic E-state index is 12.7. The van der Waals surface area contributed by atoms with Gasteiger partial charge in [0.1, 0.15) is 17.5 Å². The van der Waals surface area contributed by atoms with Crippen molar-refractivity contribution in [1.82, 2.24) is 14.8 Å². The van der Waals surface area contributed by atoms with Crippen LogP contribution in [0.5, 0.6) is 0 Å². The number of nitrogens with zero attached hydrogens (tertiary/aromatic N) is 5. The van der Waals surface area contributed by atoms with Crippen LogP contribution >= 0.6 is 11.6 Å². The minimum atomic E-state index is -0.353. The SMILES string of the molecule is NC(=O)N1CC2(C1)CN(c1ccc(F)cn1)C2.NC1=Nc2ccc(Cl)cc2CN(C2CC2)C1. The topological polar surface area (TPSA) is 104 Å². The van der Waals surface area contributed by atoms with Crippen molar-refractivity contribution >= 4 is 35.0 Å². The van der Waals surface area contributed by atoms with Crippen LogP contribution in [-0.4, -0.2) is 65.4 Å². The van der Waals surface area contributed by atoms with Crippen molar-refractivity contribution in [3.8, 4) is 0 Å². The first kappa shape index (κ1) is 21.9. The highest BCUT2D eigenvalue weighted by Crippen LogP contribution is 2.41. The number of amides is 2. The maximum absolute atomic E-state index is 12.7. The Kier molecular flexibility index (Phi) is 5.62. The Morgan fingerprint density at radius 2 is 1.88 bits per heavy atom. The largest absolute Gasteiger partial charge is 0.386 e. The molecule has 2 aromatic rings. The van der Waals surface area contributed by atoms with Crippen LogP contribution in [0, 0.1) is 11.2 Å². The molecule has 2 saturated heterocycles. The molecule has 33 heavy (non-hydrogen) atoms. The van der Waals surface area contributed by atoms with Crippen molar-refractivity contribution in [2.75, 3.05) is 37.6 Å². The zero-order valence-electron chi connectivity index (χ0n) is 18.3. The van der Waals surface area contributed by atoms with Crippen molar-refractivity contribution in [3.05, 3.63) is 52.9 Å². The van der Waals surface area contributed by atoms with Crippen LogP contribution in [0.4, 0.5) is 20.7 Å². The quantitative estimate of drug-likeness (QED) is 0.700. The fourth-order valence-corrected chi connectivity index (χ4v) is 4.96. The highest BCUT2D eigenvalue weighted by molar-refractivity contribution is 6.30. The molecule has 4 aliphatic rings. The van der Waals surface area contributed by atoms with Gasteiger partial charge >= 0.3 is 6.03 Å². The van der Waals surface area contributed by atoms with Gasteiger partial charge in [0.15, 0.2) is 0 Å². The van der Waals surface area contributed by atoms with E-state index in [0.29, 0.717) is 11.9 Å². The van der Waals surface area contributed by atoms with E-state index in [-0.39, 0.29) is 17.3 Å². The summed E-state index contributed by atoms with van der Waals surface area (Å²) in [7, 11) is 0. The first-order valence-electron chi connectivity index (χ1n) is 11.1. The Balaban J connectivity index is 0.000000139. The molecule has 0 unspecified atom stereocenters. The van der Waals surface area contributed by atoms with Crippen molar-refractivity contribution in [2.45, 2.75) is 25.4 Å². The van der Waals surface area contributed by atoms with Gasteiger partial charge in [-0.25, -0.2) is 19.2 Å². The Bertz CT molecular complexity index is 1070. The number of aliphatic imine (C=N–C) groups is 1. The summed E-state index contributed by atoms with van der Waals surface area (Å²) < 4.78 is 12.7. The number of halogens is 2. The van der Waals surface area contributed by atoms with Gasteiger partial charge in [-0.05, 0) is 48.7 Å². The van der Waals surface area contributed by atoms with Gasteiger partial charge in [-0.15, -0.1) is 0 Å². The third kappa shape index (κ3) is 4.74. The van der Waals surface area contributed by atoms with Crippen LogP contribution in [0.1, 0.15) is 18.4 Å². The molecule has 8 nitrogen and oxygen atoms in total. The standard InChI is InChI=1S/C12H14ClN3.C11H13FN4O/c13-9-1-4-11-8(5-9)6-16(10-2-3-10)7-12(14)15-11;12-8-1-2-9(14-3-8)15-4-11(5-15)6-16(7-11)10(13)17/h1,4-5,10H,2-3,6-7H2,(H2,14,15);1-3H,4-7H2,(H2,13,17). The highest BCUT2D eigenvalue weighted by Gasteiger charge is 2.53. The van der Waals surface area contributed by atoms with Gasteiger partial charge < -0.3 is 21.3 Å². The van der Waals surface area contributed by atoms with E-state index in [0.717, 1.165) is 55.8 Å². The average Bonchev–Trinajstić information content (AvgIpc) is 3.54. The van der Waals surface area contributed by atoms with E-state index in [9.17, 15) is 9.18 Å². The summed E-state index contributed by atoms with van der Waals surface area (Å²) in [6.45, 7) is 4.84. The molecule has 2 amide bonds. The summed E-state index contributed by atoms with van der Waals surface area (Å²) in [5.74, 6) is 1.16. The second kappa shape index (κ2) is 8.46. The Labute approximate surface area is 197 Å². The number of benzene rings is 1. The number of carbonyl (C=O) groups excluding carboxylic acids is 1. The second-order valence-electron chi connectivity index (χ2n) is 9.40. The predicted molar refractivity (Wildman–Crippen MR) is 126 cm³/mol. The first-order chi connectivity index (χ1) is 15.8. The van der Waals surface area contributed by atoms with E-state index in [1.807, 2.05) is 18.2 Å². The minimum Gasteiger partial charge on any atom is -0.386 e. The predicted octanol–water partition coefficient (Wildman–Crippen LogP) is 2.73. The first-order valence-corrected chi connectivity index (χ1v) is 11.4. The number of aromatic nitrogens is 1. The normalized spacial score (nSPS) is 21.1. The summed E-state index contributed by atoms with van der Waals surface area (Å²) in [6, 6.07) is 9.23. The third-order valence-corrected chi connectivity index (χ3v) is 6.80. The summed E-state index contributed by atoms with van der Waals surface area (Å²) in [6.07, 6.45) is 3.78. The number of anilines is 1. The van der Waals surface area contributed by atoms with Crippen molar-refractivity contribution in [1.29, 1.82) is 0 Å². The van der Waals surface area contributed by atoms with Gasteiger partial charge in [-0.2, -0.15) is 0 Å². The molecule has 10 heteroatoms. The molecule has 0 radical (unpaired) electrons. The molecule has 0 bridgehead atoms. The van der Waals surface area contributed by atoms with Gasteiger partial charge in [0.2, 0.25) is 0 Å². The number of pyridine rings is 1. The molecule has 3 fully saturated rings. The minimum absolute atomic E-state index is 0.186. The van der Waals surface area contributed by atoms with Crippen LogP contribution in [0.2, 0.25) is 5.02 Å². The summed E-state index contributed by atoms with van der Waals surface area (Å²) in [5, 5.41) is 0.769. The summed E-state index contributed by atoms with van der Waals surface area (Å²) >= 11 is 6.01. The molecular weight excluding hydrogens is 445 g/mol. The molecule has 174 valence electrons. The molecule has 4 N–H and O–H groups in total. The highest BCUT2D eigenvalue weighted by atomic mass is 35.5. The van der Waals surface area contributed by atoms with Crippen molar-refractivity contribution in [2.24, 2.45) is 21.9 Å². The molecule has 1 spiro atoms. The smallest absolute Gasteiger partial charge is 0.314 e. The Hall–Kier alpha value is -2.91. The number of primary amides is 1. The number of hydrogen-bond donors (Lipinski definition) is 2. The van der Waals surface area contributed by atoms with Crippen LogP contribution in [0.15, 0.2) is 41.5 Å². The van der Waals surface area contributed by atoms with Gasteiger partial charge in [0, 0.05) is 49.2 Å². The number of urea groups is 1. The number of hydrogen-bond acceptors (Lipinski definition) is 6. The molecule has 3 aliphatic heterocycles. The maximum Gasteiger partial charge on any atom is 0.314 e. The molecule has 1 aromatic carbocycles. The van der Waals surface area contributed by atoms with Gasteiger partial charge in [-0.1, -0.05) is 11.6 Å². The zero-order valence-corrected chi connectivity index (χ0v) is 19.0. The lowest BCUT2D eigenvalue weighted by Gasteiger charge is -2.60. The fraction of sp³-hybridized carbons (Fsp3) is 0.435. The number of nitrogens with two attached hydrogens (primary N) is 2. The van der Waals surface area contributed by atoms with E-state index in [1.165, 1.54) is 30.7 Å². The monoisotopic (exact) mass is 471 g/mol. The van der Waals surface area contributed by atoms with Gasteiger partial charge in [0.25, 0.3) is 0 Å². The van der Waals surface area contributed by atoms with Crippen molar-refractivity contribution < 1.29 is 9.18 Å². The van der Waals surface area contributed by atoms with Crippen LogP contribution in [0.3, 0.4) is 0 Å². The number of amidine groups is 1. The van der Waals surface area contributed by atoms with Gasteiger partial charge in [0.05, 0.1) is 18.4 Å². The van der Waals surface area contributed by atoms with Gasteiger partial charge in [-0.3, -0.25) is 4.90 Å². The third-order valence-electron chi connectivity index (χ3n) is 6.56. The zero-order chi connectivity index (χ0) is 23.2. The Morgan fingerprint density at radius 3 is 2.52 bits per heavy atom. The second-order valence-corrected chi connectivity index (χ2v) is 9.83. The van der Waals surface area contributed by atoms with E-state index < -0.39 is 0 Å². The molecule has 0 atom stereocenters. The fourth-order valence-electron chi connectivity index (χ4n) is 4.76. The van der Waals surface area contributed by atoms with E-state index in [4.69, 9.17) is 23.1 Å². The summed E-state index contributed by atoms with van der Waals surface area (Å²) in [4.78, 5) is 25.4. The number of rotatable bonds is 2. The van der Waals surface area contributed by atoms with Crippen molar-refractivity contribution in [3.63, 3.8) is 0 Å². The summed E-state index contributed by atoms with van der Waals surface area (Å²) in [5.41, 5.74) is 13.4. The lowest BCUT2D eigenvalue weighted by Crippen LogP contribution is -2.73. The number of carbonyl (C=O) groups is 1. The van der Waals surface area contributed by atoms with E-state index in [1.54, 1.807) is 11.0 Å². The Morgan fingerprint density at radius 1 is 1.12 bits per heavy atom. The molecule has 4 heterocycles. The average molecular weight is 472 g/mol. The van der Waals surface area contributed by atoms with Crippen LogP contribution < -0.4 is 16.4 Å². The number of fused-ring (bicyclic) bond motifs is 1. The molecule has 1 aromatic heterocycles. The number of likely N-dealkylation sites (tertiary alicyclic amines) is 1. The molecule has 6 rings (SSSR count). The van der Waals surface area contributed by atoms with E-state index in [2.05, 4.69) is 19.8 Å². The lowest BCUT2D eigenvalue weighted by molar-refractivity contribution is 0.0104. The van der Waals surface area contributed by atoms with E-state index >= 15 is 0 Å². The molecule has 1 saturated carbocycles. The van der Waals surface area contributed by atoms with Crippen LogP contribution in [-0.2, 0) is 6.54 Å². The molecular formula is C23H27ClFN7O. The lowest BCUT2D eigenvalue weighted by atomic mass is 9.73.